The Hall–Kier alpha value is -2.69. The van der Waals surface area contributed by atoms with Crippen LogP contribution in [-0.2, 0) is 4.79 Å². The summed E-state index contributed by atoms with van der Waals surface area (Å²) in [5, 5.41) is 7.05. The van der Waals surface area contributed by atoms with E-state index in [1.165, 1.54) is 5.56 Å². The second-order valence-electron chi connectivity index (χ2n) is 4.75. The van der Waals surface area contributed by atoms with Gasteiger partial charge in [0.15, 0.2) is 0 Å². The van der Waals surface area contributed by atoms with E-state index in [0.717, 1.165) is 11.3 Å². The van der Waals surface area contributed by atoms with Gasteiger partial charge in [-0.3, -0.25) is 9.78 Å². The van der Waals surface area contributed by atoms with Crippen LogP contribution in [0.25, 0.3) is 0 Å². The SMILES string of the molecule is Cc1ccc(N[C@H](C)C(=O)NN=Cc2ccncc2)cc1. The predicted octanol–water partition coefficient (Wildman–Crippen LogP) is 2.34. The van der Waals surface area contributed by atoms with Gasteiger partial charge in [0.1, 0.15) is 6.04 Å². The van der Waals surface area contributed by atoms with Crippen molar-refractivity contribution in [3.63, 3.8) is 0 Å². The second-order valence-corrected chi connectivity index (χ2v) is 4.75. The fourth-order valence-corrected chi connectivity index (χ4v) is 1.68. The first-order chi connectivity index (χ1) is 10.1. The summed E-state index contributed by atoms with van der Waals surface area (Å²) in [5.41, 5.74) is 5.47. The Kier molecular flexibility index (Phi) is 5.04. The van der Waals surface area contributed by atoms with Crippen molar-refractivity contribution < 1.29 is 4.79 Å². The Morgan fingerprint density at radius 3 is 2.52 bits per heavy atom. The van der Waals surface area contributed by atoms with Crippen LogP contribution in [-0.4, -0.2) is 23.1 Å². The van der Waals surface area contributed by atoms with E-state index in [2.05, 4.69) is 20.8 Å². The summed E-state index contributed by atoms with van der Waals surface area (Å²) < 4.78 is 0. The van der Waals surface area contributed by atoms with E-state index in [0.29, 0.717) is 0 Å². The molecule has 0 unspecified atom stereocenters. The number of carbonyl (C=O) groups is 1. The average molecular weight is 282 g/mol. The van der Waals surface area contributed by atoms with Crippen molar-refractivity contribution in [3.8, 4) is 0 Å². The molecule has 0 fully saturated rings. The van der Waals surface area contributed by atoms with Crippen LogP contribution in [0.3, 0.4) is 0 Å². The molecule has 0 aliphatic carbocycles. The zero-order valence-electron chi connectivity index (χ0n) is 12.1. The minimum atomic E-state index is -0.373. The van der Waals surface area contributed by atoms with Crippen LogP contribution in [0, 0.1) is 6.92 Å². The molecule has 1 amide bonds. The monoisotopic (exact) mass is 282 g/mol. The molecule has 1 aromatic carbocycles. The average Bonchev–Trinajstić information content (AvgIpc) is 2.50. The Labute approximate surface area is 124 Å². The maximum Gasteiger partial charge on any atom is 0.262 e. The molecule has 0 saturated carbocycles. The molecular formula is C16H18N4O. The fourth-order valence-electron chi connectivity index (χ4n) is 1.68. The fraction of sp³-hybridized carbons (Fsp3) is 0.188. The topological polar surface area (TPSA) is 66.4 Å². The zero-order valence-corrected chi connectivity index (χ0v) is 12.1. The lowest BCUT2D eigenvalue weighted by atomic mass is 10.2. The zero-order chi connectivity index (χ0) is 15.1. The predicted molar refractivity (Wildman–Crippen MR) is 84.2 cm³/mol. The molecule has 5 heteroatoms. The van der Waals surface area contributed by atoms with Crippen molar-refractivity contribution >= 4 is 17.8 Å². The lowest BCUT2D eigenvalue weighted by molar-refractivity contribution is -0.121. The molecule has 0 radical (unpaired) electrons. The van der Waals surface area contributed by atoms with E-state index in [9.17, 15) is 4.79 Å². The number of pyridine rings is 1. The highest BCUT2D eigenvalue weighted by Gasteiger charge is 2.11. The van der Waals surface area contributed by atoms with Crippen LogP contribution in [0.15, 0.2) is 53.9 Å². The summed E-state index contributed by atoms with van der Waals surface area (Å²) in [5.74, 6) is -0.194. The third kappa shape index (κ3) is 4.72. The van der Waals surface area contributed by atoms with Gasteiger partial charge in [0.25, 0.3) is 5.91 Å². The number of carbonyl (C=O) groups excluding carboxylic acids is 1. The van der Waals surface area contributed by atoms with Crippen LogP contribution < -0.4 is 10.7 Å². The highest BCUT2D eigenvalue weighted by atomic mass is 16.2. The molecule has 0 aliphatic rings. The normalized spacial score (nSPS) is 12.1. The van der Waals surface area contributed by atoms with Crippen LogP contribution in [0.1, 0.15) is 18.1 Å². The van der Waals surface area contributed by atoms with Crippen LogP contribution in [0.5, 0.6) is 0 Å². The van der Waals surface area contributed by atoms with Gasteiger partial charge >= 0.3 is 0 Å². The van der Waals surface area contributed by atoms with Gasteiger partial charge in [-0.25, -0.2) is 5.43 Å². The van der Waals surface area contributed by atoms with Crippen molar-refractivity contribution in [2.45, 2.75) is 19.9 Å². The van der Waals surface area contributed by atoms with Crippen molar-refractivity contribution in [2.24, 2.45) is 5.10 Å². The Morgan fingerprint density at radius 1 is 1.19 bits per heavy atom. The molecule has 2 rings (SSSR count). The minimum absolute atomic E-state index is 0.194. The van der Waals surface area contributed by atoms with Gasteiger partial charge in [-0.05, 0) is 43.7 Å². The van der Waals surface area contributed by atoms with Gasteiger partial charge in [0.05, 0.1) is 6.21 Å². The first-order valence-corrected chi connectivity index (χ1v) is 6.71. The van der Waals surface area contributed by atoms with Gasteiger partial charge in [0, 0.05) is 18.1 Å². The van der Waals surface area contributed by atoms with Crippen LogP contribution in [0.4, 0.5) is 5.69 Å². The maximum absolute atomic E-state index is 11.9. The van der Waals surface area contributed by atoms with Gasteiger partial charge in [-0.2, -0.15) is 5.10 Å². The smallest absolute Gasteiger partial charge is 0.262 e. The number of nitrogens with zero attached hydrogens (tertiary/aromatic N) is 2. The van der Waals surface area contributed by atoms with Crippen molar-refractivity contribution in [2.75, 3.05) is 5.32 Å². The molecule has 108 valence electrons. The van der Waals surface area contributed by atoms with Crippen molar-refractivity contribution in [1.29, 1.82) is 0 Å². The highest BCUT2D eigenvalue weighted by molar-refractivity contribution is 5.86. The Balaban J connectivity index is 1.85. The number of nitrogens with one attached hydrogen (secondary N) is 2. The molecule has 5 nitrogen and oxygen atoms in total. The first kappa shape index (κ1) is 14.7. The van der Waals surface area contributed by atoms with E-state index in [1.54, 1.807) is 25.5 Å². The van der Waals surface area contributed by atoms with Gasteiger partial charge in [-0.1, -0.05) is 17.7 Å². The number of hydrazone groups is 1. The number of anilines is 1. The third-order valence-corrected chi connectivity index (χ3v) is 2.92. The number of amides is 1. The molecule has 21 heavy (non-hydrogen) atoms. The lowest BCUT2D eigenvalue weighted by Crippen LogP contribution is -2.34. The largest absolute Gasteiger partial charge is 0.374 e. The summed E-state index contributed by atoms with van der Waals surface area (Å²) in [6, 6.07) is 11.1. The van der Waals surface area contributed by atoms with Gasteiger partial charge in [-0.15, -0.1) is 0 Å². The molecule has 0 bridgehead atoms. The Morgan fingerprint density at radius 2 is 1.86 bits per heavy atom. The quantitative estimate of drug-likeness (QED) is 0.653. The molecule has 1 atom stereocenters. The molecule has 2 aromatic rings. The van der Waals surface area contributed by atoms with Crippen molar-refractivity contribution in [3.05, 3.63) is 59.9 Å². The molecular weight excluding hydrogens is 264 g/mol. The standard InChI is InChI=1S/C16H18N4O/c1-12-3-5-15(6-4-12)19-13(2)16(21)20-18-11-14-7-9-17-10-8-14/h3-11,13,19H,1-2H3,(H,20,21)/t13-/m1/s1. The van der Waals surface area contributed by atoms with E-state index in [1.807, 2.05) is 43.3 Å². The summed E-state index contributed by atoms with van der Waals surface area (Å²) >= 11 is 0. The van der Waals surface area contributed by atoms with Crippen molar-refractivity contribution in [1.82, 2.24) is 10.4 Å². The maximum atomic E-state index is 11.9. The number of rotatable bonds is 5. The molecule has 1 aromatic heterocycles. The van der Waals surface area contributed by atoms with E-state index < -0.39 is 0 Å². The lowest BCUT2D eigenvalue weighted by Gasteiger charge is -2.13. The van der Waals surface area contributed by atoms with Crippen LogP contribution >= 0.6 is 0 Å². The number of hydrogen-bond acceptors (Lipinski definition) is 4. The number of benzene rings is 1. The Bertz CT molecular complexity index is 608. The number of hydrogen-bond donors (Lipinski definition) is 2. The molecule has 0 spiro atoms. The minimum Gasteiger partial charge on any atom is -0.374 e. The summed E-state index contributed by atoms with van der Waals surface area (Å²) in [6.07, 6.45) is 4.92. The van der Waals surface area contributed by atoms with E-state index in [4.69, 9.17) is 0 Å². The molecule has 2 N–H and O–H groups in total. The number of aromatic nitrogens is 1. The van der Waals surface area contributed by atoms with Gasteiger partial charge in [0.2, 0.25) is 0 Å². The van der Waals surface area contributed by atoms with E-state index in [-0.39, 0.29) is 11.9 Å². The number of aryl methyl sites for hydroxylation is 1. The second kappa shape index (κ2) is 7.19. The first-order valence-electron chi connectivity index (χ1n) is 6.71. The van der Waals surface area contributed by atoms with E-state index >= 15 is 0 Å². The third-order valence-electron chi connectivity index (χ3n) is 2.92. The summed E-state index contributed by atoms with van der Waals surface area (Å²) in [6.45, 7) is 3.81. The molecule has 1 heterocycles. The van der Waals surface area contributed by atoms with Crippen LogP contribution in [0.2, 0.25) is 0 Å². The summed E-state index contributed by atoms with van der Waals surface area (Å²) in [7, 11) is 0. The molecule has 0 aliphatic heterocycles. The molecule has 0 saturated heterocycles. The summed E-state index contributed by atoms with van der Waals surface area (Å²) in [4.78, 5) is 15.8. The highest BCUT2D eigenvalue weighted by Crippen LogP contribution is 2.09. The van der Waals surface area contributed by atoms with Gasteiger partial charge < -0.3 is 5.32 Å².